The molecule has 0 saturated carbocycles. The SMILES string of the molecule is N#Cc1ccc(-c2cnc3oc4c(c3c2)C=CC2c3ccccc3N(c3ccccc3)C42)c(-n2c3ccccc3c3cc(C#N)ccc32)c1. The van der Waals surface area contributed by atoms with Crippen molar-refractivity contribution < 1.29 is 4.42 Å². The highest BCUT2D eigenvalue weighted by Gasteiger charge is 2.44. The third-order valence-electron chi connectivity index (χ3n) is 10.0. The quantitative estimate of drug-likeness (QED) is 0.195. The molecule has 1 aliphatic heterocycles. The predicted octanol–water partition coefficient (Wildman–Crippen LogP) is 10.3. The number of nitrogens with zero attached hydrogens (tertiary/aromatic N) is 5. The second kappa shape index (κ2) is 10.3. The Morgan fingerprint density at radius 2 is 1.43 bits per heavy atom. The number of hydrogen-bond acceptors (Lipinski definition) is 5. The summed E-state index contributed by atoms with van der Waals surface area (Å²) in [5, 5.41) is 22.6. The summed E-state index contributed by atoms with van der Waals surface area (Å²) in [4.78, 5) is 7.30. The van der Waals surface area contributed by atoms with Gasteiger partial charge in [-0.1, -0.05) is 72.8 Å². The molecule has 6 nitrogen and oxygen atoms in total. The minimum Gasteiger partial charge on any atom is -0.440 e. The van der Waals surface area contributed by atoms with Crippen LogP contribution in [0.5, 0.6) is 0 Å². The lowest BCUT2D eigenvalue weighted by atomic mass is 9.86. The number of fused-ring (bicyclic) bond motifs is 10. The van der Waals surface area contributed by atoms with Gasteiger partial charge in [-0.05, 0) is 66.2 Å². The first-order valence-corrected chi connectivity index (χ1v) is 16.2. The lowest BCUT2D eigenvalue weighted by Crippen LogP contribution is -2.23. The molecule has 6 heteroatoms. The number of anilines is 2. The van der Waals surface area contributed by atoms with Crippen LogP contribution in [-0.2, 0) is 0 Å². The smallest absolute Gasteiger partial charge is 0.226 e. The molecule has 0 radical (unpaired) electrons. The van der Waals surface area contributed by atoms with Gasteiger partial charge < -0.3 is 13.9 Å². The van der Waals surface area contributed by atoms with E-state index < -0.39 is 0 Å². The first-order valence-electron chi connectivity index (χ1n) is 16.2. The fourth-order valence-electron chi connectivity index (χ4n) is 7.94. The molecule has 0 fully saturated rings. The minimum absolute atomic E-state index is 0.0428. The highest BCUT2D eigenvalue weighted by atomic mass is 16.3. The Labute approximate surface area is 281 Å². The van der Waals surface area contributed by atoms with Gasteiger partial charge in [0.2, 0.25) is 5.71 Å². The summed E-state index contributed by atoms with van der Waals surface area (Å²) < 4.78 is 8.87. The van der Waals surface area contributed by atoms with Crippen LogP contribution >= 0.6 is 0 Å². The van der Waals surface area contributed by atoms with Crippen LogP contribution in [0, 0.1) is 22.7 Å². The van der Waals surface area contributed by atoms with Gasteiger partial charge in [-0.2, -0.15) is 10.5 Å². The molecule has 2 aliphatic rings. The predicted molar refractivity (Wildman–Crippen MR) is 193 cm³/mol. The first kappa shape index (κ1) is 27.2. The number of nitriles is 2. The van der Waals surface area contributed by atoms with Gasteiger partial charge in [-0.15, -0.1) is 0 Å². The van der Waals surface area contributed by atoms with Gasteiger partial charge >= 0.3 is 0 Å². The molecule has 8 aromatic rings. The minimum atomic E-state index is -0.0428. The van der Waals surface area contributed by atoms with Crippen molar-refractivity contribution in [3.05, 3.63) is 162 Å². The molecule has 4 heterocycles. The van der Waals surface area contributed by atoms with E-state index in [0.717, 1.165) is 61.0 Å². The number of furan rings is 1. The molecule has 1 aliphatic carbocycles. The summed E-state index contributed by atoms with van der Waals surface area (Å²) in [6.07, 6.45) is 6.36. The van der Waals surface area contributed by atoms with Crippen LogP contribution in [0.1, 0.15) is 40.0 Å². The van der Waals surface area contributed by atoms with Gasteiger partial charge in [-0.3, -0.25) is 0 Å². The van der Waals surface area contributed by atoms with Crippen LogP contribution in [0.3, 0.4) is 0 Å². The monoisotopic (exact) mass is 627 g/mol. The van der Waals surface area contributed by atoms with Crippen molar-refractivity contribution in [1.82, 2.24) is 9.55 Å². The average Bonchev–Trinajstić information content (AvgIpc) is 3.82. The third-order valence-corrected chi connectivity index (χ3v) is 10.0. The summed E-state index contributed by atoms with van der Waals surface area (Å²) in [7, 11) is 0. The van der Waals surface area contributed by atoms with Crippen molar-refractivity contribution in [3.8, 4) is 29.0 Å². The van der Waals surface area contributed by atoms with Crippen molar-refractivity contribution >= 4 is 50.4 Å². The van der Waals surface area contributed by atoms with E-state index in [1.807, 2.05) is 60.8 Å². The van der Waals surface area contributed by atoms with E-state index in [1.54, 1.807) is 0 Å². The molecule has 0 N–H and O–H groups in total. The Morgan fingerprint density at radius 3 is 2.31 bits per heavy atom. The Morgan fingerprint density at radius 1 is 0.673 bits per heavy atom. The normalized spacial score (nSPS) is 16.0. The summed E-state index contributed by atoms with van der Waals surface area (Å²) in [5.74, 6) is 1.05. The number of pyridine rings is 1. The highest BCUT2D eigenvalue weighted by molar-refractivity contribution is 6.10. The Bertz CT molecular complexity index is 2770. The van der Waals surface area contributed by atoms with E-state index >= 15 is 0 Å². The van der Waals surface area contributed by atoms with Crippen molar-refractivity contribution in [1.29, 1.82) is 10.5 Å². The third kappa shape index (κ3) is 3.89. The van der Waals surface area contributed by atoms with Gasteiger partial charge in [0.05, 0.1) is 40.0 Å². The van der Waals surface area contributed by atoms with Crippen LogP contribution in [0.15, 0.2) is 138 Å². The summed E-state index contributed by atoms with van der Waals surface area (Å²) in [6, 6.07) is 45.6. The number of rotatable bonds is 3. The van der Waals surface area contributed by atoms with Crippen LogP contribution < -0.4 is 4.90 Å². The van der Waals surface area contributed by atoms with E-state index in [1.165, 1.54) is 11.3 Å². The Kier molecular flexibility index (Phi) is 5.73. The zero-order chi connectivity index (χ0) is 32.6. The first-order chi connectivity index (χ1) is 24.2. The molecule has 10 rings (SSSR count). The van der Waals surface area contributed by atoms with Crippen LogP contribution in [0.25, 0.3) is 55.8 Å². The van der Waals surface area contributed by atoms with Gasteiger partial charge in [0.15, 0.2) is 0 Å². The summed E-state index contributed by atoms with van der Waals surface area (Å²) in [6.45, 7) is 0. The average molecular weight is 628 g/mol. The topological polar surface area (TPSA) is 81.8 Å². The number of benzene rings is 5. The second-order valence-electron chi connectivity index (χ2n) is 12.6. The van der Waals surface area contributed by atoms with E-state index in [9.17, 15) is 10.5 Å². The van der Waals surface area contributed by atoms with Crippen LogP contribution in [-0.4, -0.2) is 9.55 Å². The molecular weight excluding hydrogens is 603 g/mol. The van der Waals surface area contributed by atoms with Gasteiger partial charge in [0.1, 0.15) is 11.8 Å². The molecule has 3 aromatic heterocycles. The molecule has 0 amide bonds. The van der Waals surface area contributed by atoms with Crippen LogP contribution in [0.2, 0.25) is 0 Å². The van der Waals surface area contributed by atoms with Crippen molar-refractivity contribution in [3.63, 3.8) is 0 Å². The van der Waals surface area contributed by atoms with E-state index in [-0.39, 0.29) is 12.0 Å². The number of aromatic nitrogens is 2. The zero-order valence-electron chi connectivity index (χ0n) is 26.1. The van der Waals surface area contributed by atoms with Crippen LogP contribution in [0.4, 0.5) is 11.4 Å². The lowest BCUT2D eigenvalue weighted by Gasteiger charge is -2.30. The summed E-state index contributed by atoms with van der Waals surface area (Å²) >= 11 is 0. The van der Waals surface area contributed by atoms with Crippen molar-refractivity contribution in [2.75, 3.05) is 4.90 Å². The molecule has 228 valence electrons. The Balaban J connectivity index is 1.17. The van der Waals surface area contributed by atoms with E-state index in [2.05, 4.69) is 100 Å². The molecular formula is C43H25N5O. The fraction of sp³-hybridized carbons (Fsp3) is 0.0465. The molecule has 2 unspecified atom stereocenters. The molecule has 0 saturated heterocycles. The molecule has 0 bridgehead atoms. The molecule has 2 atom stereocenters. The number of para-hydroxylation sites is 3. The second-order valence-corrected chi connectivity index (χ2v) is 12.6. The lowest BCUT2D eigenvalue weighted by molar-refractivity contribution is 0.473. The van der Waals surface area contributed by atoms with E-state index in [4.69, 9.17) is 9.40 Å². The van der Waals surface area contributed by atoms with Gasteiger partial charge in [0.25, 0.3) is 0 Å². The zero-order valence-corrected chi connectivity index (χ0v) is 26.1. The highest BCUT2D eigenvalue weighted by Crippen LogP contribution is 2.56. The molecule has 0 spiro atoms. The van der Waals surface area contributed by atoms with Crippen molar-refractivity contribution in [2.45, 2.75) is 12.0 Å². The van der Waals surface area contributed by atoms with Crippen molar-refractivity contribution in [2.24, 2.45) is 0 Å². The molecule has 5 aromatic carbocycles. The summed E-state index contributed by atoms with van der Waals surface area (Å²) in [5.41, 5.74) is 11.1. The molecule has 49 heavy (non-hydrogen) atoms. The maximum absolute atomic E-state index is 9.97. The van der Waals surface area contributed by atoms with Gasteiger partial charge in [-0.25, -0.2) is 4.98 Å². The maximum atomic E-state index is 9.97. The maximum Gasteiger partial charge on any atom is 0.226 e. The van der Waals surface area contributed by atoms with Gasteiger partial charge in [0, 0.05) is 56.3 Å². The largest absolute Gasteiger partial charge is 0.440 e. The fourth-order valence-corrected chi connectivity index (χ4v) is 7.94. The number of hydrogen-bond donors (Lipinski definition) is 0. The standard InChI is InChI=1S/C43H25N5O/c44-23-26-15-19-39-35(20-26)32-11-5-7-13-38(32)48(39)40-21-27(24-45)14-16-30(40)28-22-36-34-18-17-33-31-10-4-6-12-37(31)47(29-8-2-1-3-9-29)41(33)42(34)49-43(36)46-25-28/h1-22,25,33,41H. The Hall–Kier alpha value is -6.89. The van der Waals surface area contributed by atoms with E-state index in [0.29, 0.717) is 16.8 Å².